The van der Waals surface area contributed by atoms with E-state index in [9.17, 15) is 8.78 Å². The van der Waals surface area contributed by atoms with Gasteiger partial charge in [0.15, 0.2) is 5.82 Å². The molecule has 0 spiro atoms. The van der Waals surface area contributed by atoms with E-state index in [2.05, 4.69) is 34.2 Å². The lowest BCUT2D eigenvalue weighted by atomic mass is 9.52. The van der Waals surface area contributed by atoms with Crippen LogP contribution in [-0.2, 0) is 5.41 Å². The van der Waals surface area contributed by atoms with Crippen LogP contribution in [0.3, 0.4) is 0 Å². The molecule has 138 valence electrons. The third kappa shape index (κ3) is 1.91. The van der Waals surface area contributed by atoms with Gasteiger partial charge in [-0.2, -0.15) is 10.1 Å². The summed E-state index contributed by atoms with van der Waals surface area (Å²) >= 11 is 0. The summed E-state index contributed by atoms with van der Waals surface area (Å²) in [4.78, 5) is 4.47. The average molecular weight is 368 g/mol. The third-order valence-corrected chi connectivity index (χ3v) is 6.71. The predicted molar refractivity (Wildman–Crippen MR) is 93.0 cm³/mol. The van der Waals surface area contributed by atoms with E-state index in [0.29, 0.717) is 11.7 Å². The highest BCUT2D eigenvalue weighted by Crippen LogP contribution is 2.70. The van der Waals surface area contributed by atoms with E-state index in [0.717, 1.165) is 24.1 Å². The van der Waals surface area contributed by atoms with Crippen LogP contribution in [0.5, 0.6) is 0 Å². The van der Waals surface area contributed by atoms with Gasteiger partial charge in [0.05, 0.1) is 22.4 Å². The van der Waals surface area contributed by atoms with Gasteiger partial charge >= 0.3 is 0 Å². The zero-order chi connectivity index (χ0) is 19.0. The summed E-state index contributed by atoms with van der Waals surface area (Å²) < 4.78 is 34.0. The van der Waals surface area contributed by atoms with Gasteiger partial charge in [0, 0.05) is 0 Å². The standard InChI is InChI=1S/C20H18F2N4O/c1-10-23-18(27-26-10)20(3)17-11(12-7-8-19(12,20)2)9-15(24-25-17)16-13(21)5-4-6-14(16)22/h4-6,9,12H,7-8H2,1-3H3/t12-,19?,20?/m1/s1. The molecule has 2 heterocycles. The summed E-state index contributed by atoms with van der Waals surface area (Å²) in [6.07, 6.45) is 1.96. The van der Waals surface area contributed by atoms with Crippen molar-refractivity contribution in [1.29, 1.82) is 0 Å². The summed E-state index contributed by atoms with van der Waals surface area (Å²) in [5, 5.41) is 12.6. The fourth-order valence-electron chi connectivity index (χ4n) is 4.86. The minimum atomic E-state index is -0.645. The van der Waals surface area contributed by atoms with Gasteiger partial charge in [-0.3, -0.25) is 0 Å². The smallest absolute Gasteiger partial charge is 0.239 e. The summed E-state index contributed by atoms with van der Waals surface area (Å²) in [5.41, 5.74) is 1.08. The first-order chi connectivity index (χ1) is 12.9. The molecule has 2 unspecified atom stereocenters. The molecule has 5 nitrogen and oxygen atoms in total. The Labute approximate surface area is 154 Å². The summed E-state index contributed by atoms with van der Waals surface area (Å²) in [5.74, 6) is 0.0128. The molecule has 5 rings (SSSR count). The summed E-state index contributed by atoms with van der Waals surface area (Å²) in [6, 6.07) is 5.57. The molecule has 1 fully saturated rings. The van der Waals surface area contributed by atoms with E-state index in [1.807, 2.05) is 0 Å². The molecule has 3 atom stereocenters. The van der Waals surface area contributed by atoms with Gasteiger partial charge in [-0.15, -0.1) is 5.10 Å². The molecule has 0 aliphatic heterocycles. The van der Waals surface area contributed by atoms with Crippen LogP contribution in [0.15, 0.2) is 28.8 Å². The van der Waals surface area contributed by atoms with E-state index in [4.69, 9.17) is 4.52 Å². The van der Waals surface area contributed by atoms with Crippen molar-refractivity contribution in [2.75, 3.05) is 0 Å². The van der Waals surface area contributed by atoms with Crippen molar-refractivity contribution in [1.82, 2.24) is 20.3 Å². The average Bonchev–Trinajstić information content (AvgIpc) is 3.10. The third-order valence-electron chi connectivity index (χ3n) is 6.71. The maximum absolute atomic E-state index is 14.2. The molecule has 0 saturated heterocycles. The van der Waals surface area contributed by atoms with Gasteiger partial charge in [-0.05, 0) is 61.8 Å². The maximum atomic E-state index is 14.2. The number of aromatic nitrogens is 4. The van der Waals surface area contributed by atoms with Crippen LogP contribution < -0.4 is 0 Å². The fourth-order valence-corrected chi connectivity index (χ4v) is 4.86. The molecule has 3 aromatic rings. The second-order valence-corrected chi connectivity index (χ2v) is 7.91. The lowest BCUT2D eigenvalue weighted by Gasteiger charge is -2.49. The van der Waals surface area contributed by atoms with Crippen molar-refractivity contribution in [3.63, 3.8) is 0 Å². The van der Waals surface area contributed by atoms with Crippen LogP contribution in [-0.4, -0.2) is 20.3 Å². The number of hydrogen-bond donors (Lipinski definition) is 0. The van der Waals surface area contributed by atoms with Gasteiger partial charge in [0.1, 0.15) is 11.6 Å². The van der Waals surface area contributed by atoms with Gasteiger partial charge in [-0.1, -0.05) is 18.1 Å². The Bertz CT molecular complexity index is 1060. The summed E-state index contributed by atoms with van der Waals surface area (Å²) in [7, 11) is 0. The lowest BCUT2D eigenvalue weighted by Crippen LogP contribution is -2.47. The molecule has 2 aliphatic rings. The Morgan fingerprint density at radius 2 is 1.89 bits per heavy atom. The van der Waals surface area contributed by atoms with Crippen molar-refractivity contribution in [2.24, 2.45) is 5.41 Å². The van der Waals surface area contributed by atoms with Crippen molar-refractivity contribution in [3.05, 3.63) is 58.9 Å². The monoisotopic (exact) mass is 368 g/mol. The largest absolute Gasteiger partial charge is 0.338 e. The Balaban J connectivity index is 1.72. The molecular weight excluding hydrogens is 350 g/mol. The zero-order valence-electron chi connectivity index (χ0n) is 15.3. The Morgan fingerprint density at radius 3 is 2.48 bits per heavy atom. The first-order valence-electron chi connectivity index (χ1n) is 8.99. The number of rotatable bonds is 2. The van der Waals surface area contributed by atoms with Crippen LogP contribution in [0.25, 0.3) is 11.3 Å². The van der Waals surface area contributed by atoms with Crippen LogP contribution in [0.2, 0.25) is 0 Å². The van der Waals surface area contributed by atoms with Crippen molar-refractivity contribution < 1.29 is 13.3 Å². The lowest BCUT2D eigenvalue weighted by molar-refractivity contribution is 0.0446. The molecular formula is C20H18F2N4O. The molecule has 1 aromatic carbocycles. The van der Waals surface area contributed by atoms with Crippen molar-refractivity contribution in [3.8, 4) is 11.3 Å². The van der Waals surface area contributed by atoms with Crippen molar-refractivity contribution in [2.45, 2.75) is 44.9 Å². The van der Waals surface area contributed by atoms with Crippen LogP contribution in [0.4, 0.5) is 8.78 Å². The number of aryl methyl sites for hydroxylation is 1. The molecule has 0 N–H and O–H groups in total. The Kier molecular flexibility index (Phi) is 3.16. The van der Waals surface area contributed by atoms with E-state index in [-0.39, 0.29) is 22.6 Å². The number of benzene rings is 1. The van der Waals surface area contributed by atoms with E-state index >= 15 is 0 Å². The normalized spacial score (nSPS) is 28.6. The van der Waals surface area contributed by atoms with Crippen LogP contribution in [0, 0.1) is 24.0 Å². The quantitative estimate of drug-likeness (QED) is 0.674. The minimum absolute atomic E-state index is 0.143. The number of nitrogens with zero attached hydrogens (tertiary/aromatic N) is 4. The maximum Gasteiger partial charge on any atom is 0.239 e. The number of halogens is 2. The SMILES string of the molecule is Cc1noc(C2(C)c3nnc(-c4c(F)cccc4F)cc3[C@H]3CCC32C)n1. The predicted octanol–water partition coefficient (Wildman–Crippen LogP) is 4.32. The fraction of sp³-hybridized carbons (Fsp3) is 0.400. The first kappa shape index (κ1) is 16.5. The number of hydrogen-bond acceptors (Lipinski definition) is 5. The highest BCUT2D eigenvalue weighted by Gasteiger charge is 2.66. The second kappa shape index (κ2) is 5.18. The molecule has 2 aromatic heterocycles. The Morgan fingerprint density at radius 1 is 1.15 bits per heavy atom. The zero-order valence-corrected chi connectivity index (χ0v) is 15.3. The first-order valence-corrected chi connectivity index (χ1v) is 8.99. The van der Waals surface area contributed by atoms with Gasteiger partial charge in [0.2, 0.25) is 5.89 Å². The molecule has 0 radical (unpaired) electrons. The molecule has 7 heteroatoms. The van der Waals surface area contributed by atoms with E-state index < -0.39 is 17.0 Å². The highest BCUT2D eigenvalue weighted by atomic mass is 19.1. The van der Waals surface area contributed by atoms with Gasteiger partial charge in [-0.25, -0.2) is 8.78 Å². The highest BCUT2D eigenvalue weighted by molar-refractivity contribution is 5.63. The van der Waals surface area contributed by atoms with E-state index in [1.54, 1.807) is 13.0 Å². The van der Waals surface area contributed by atoms with Crippen molar-refractivity contribution >= 4 is 0 Å². The second-order valence-electron chi connectivity index (χ2n) is 7.91. The Hall–Kier alpha value is -2.70. The number of fused-ring (bicyclic) bond motifs is 3. The minimum Gasteiger partial charge on any atom is -0.338 e. The van der Waals surface area contributed by atoms with Gasteiger partial charge in [0.25, 0.3) is 0 Å². The van der Waals surface area contributed by atoms with Crippen LogP contribution >= 0.6 is 0 Å². The van der Waals surface area contributed by atoms with Gasteiger partial charge < -0.3 is 4.52 Å². The molecule has 1 saturated carbocycles. The van der Waals surface area contributed by atoms with Crippen LogP contribution in [0.1, 0.15) is 55.6 Å². The molecule has 0 amide bonds. The molecule has 2 aliphatic carbocycles. The summed E-state index contributed by atoms with van der Waals surface area (Å²) in [6.45, 7) is 6.02. The molecule has 0 bridgehead atoms. The molecule has 27 heavy (non-hydrogen) atoms. The van der Waals surface area contributed by atoms with E-state index in [1.165, 1.54) is 18.2 Å². The topological polar surface area (TPSA) is 64.7 Å².